The average molecular weight is 421 g/mol. The zero-order valence-electron chi connectivity index (χ0n) is 17.2. The number of nitrogens with zero attached hydrogens (tertiary/aromatic N) is 4. The van der Waals surface area contributed by atoms with Gasteiger partial charge >= 0.3 is 0 Å². The highest BCUT2D eigenvalue weighted by molar-refractivity contribution is 7.80. The Morgan fingerprint density at radius 1 is 1.10 bits per heavy atom. The van der Waals surface area contributed by atoms with Crippen LogP contribution in [-0.2, 0) is 9.47 Å². The number of ether oxygens (including phenoxy) is 2. The van der Waals surface area contributed by atoms with E-state index < -0.39 is 0 Å². The lowest BCUT2D eigenvalue weighted by atomic mass is 10.0. The largest absolute Gasteiger partial charge is 0.378 e. The molecule has 3 saturated heterocycles. The van der Waals surface area contributed by atoms with E-state index in [9.17, 15) is 0 Å². The fourth-order valence-corrected chi connectivity index (χ4v) is 4.35. The van der Waals surface area contributed by atoms with Crippen molar-refractivity contribution in [2.24, 2.45) is 0 Å². The first-order valence-electron chi connectivity index (χ1n) is 10.8. The lowest BCUT2D eigenvalue weighted by molar-refractivity contribution is 0.114. The van der Waals surface area contributed by atoms with Gasteiger partial charge in [0, 0.05) is 44.9 Å². The smallest absolute Gasteiger partial charge is 0.232 e. The molecule has 3 aliphatic heterocycles. The van der Waals surface area contributed by atoms with Gasteiger partial charge in [-0.05, 0) is 51.2 Å². The van der Waals surface area contributed by atoms with Crippen LogP contribution < -0.4 is 20.4 Å². The second-order valence-electron chi connectivity index (χ2n) is 8.02. The van der Waals surface area contributed by atoms with Crippen LogP contribution in [-0.4, -0.2) is 73.2 Å². The lowest BCUT2D eigenvalue weighted by Crippen LogP contribution is -2.40. The second kappa shape index (κ2) is 9.86. The number of rotatable bonds is 5. The molecule has 3 aliphatic rings. The van der Waals surface area contributed by atoms with Gasteiger partial charge in [0.2, 0.25) is 5.95 Å². The van der Waals surface area contributed by atoms with Crippen LogP contribution in [0, 0.1) is 0 Å². The number of morpholine rings is 1. The van der Waals surface area contributed by atoms with E-state index in [4.69, 9.17) is 31.7 Å². The minimum absolute atomic E-state index is 0.236. The van der Waals surface area contributed by atoms with Crippen molar-refractivity contribution in [3.05, 3.63) is 6.07 Å². The highest BCUT2D eigenvalue weighted by Crippen LogP contribution is 2.27. The van der Waals surface area contributed by atoms with Crippen molar-refractivity contribution in [3.8, 4) is 0 Å². The molecule has 8 nitrogen and oxygen atoms in total. The third-order valence-corrected chi connectivity index (χ3v) is 6.12. The standard InChI is InChI=1S/C20H32N6O2S/c1-15-5-2-3-7-26(15)18-13-17(25-8-11-27-12-9-25)22-19(23-18)24-20(29)21-14-16-6-4-10-28-16/h13,15-16H,2-12,14H2,1H3,(H2,21,22,23,24,29)/t15-,16+/m0/s1. The average Bonchev–Trinajstić information content (AvgIpc) is 3.27. The fraction of sp³-hybridized carbons (Fsp3) is 0.750. The molecule has 1 aromatic rings. The van der Waals surface area contributed by atoms with Crippen LogP contribution in [0.25, 0.3) is 0 Å². The zero-order valence-corrected chi connectivity index (χ0v) is 18.0. The van der Waals surface area contributed by atoms with Crippen LogP contribution in [0.4, 0.5) is 17.6 Å². The van der Waals surface area contributed by atoms with Crippen molar-refractivity contribution in [1.29, 1.82) is 0 Å². The first kappa shape index (κ1) is 20.6. The summed E-state index contributed by atoms with van der Waals surface area (Å²) in [6.07, 6.45) is 6.11. The molecule has 2 N–H and O–H groups in total. The number of hydrogen-bond donors (Lipinski definition) is 2. The van der Waals surface area contributed by atoms with E-state index in [0.29, 0.717) is 23.6 Å². The lowest BCUT2D eigenvalue weighted by Gasteiger charge is -2.35. The Labute approximate surface area is 178 Å². The summed E-state index contributed by atoms with van der Waals surface area (Å²) in [6, 6.07) is 2.59. The van der Waals surface area contributed by atoms with E-state index in [1.54, 1.807) is 0 Å². The highest BCUT2D eigenvalue weighted by atomic mass is 32.1. The molecule has 160 valence electrons. The summed E-state index contributed by atoms with van der Waals surface area (Å²) in [7, 11) is 0. The number of nitrogens with one attached hydrogen (secondary N) is 2. The van der Waals surface area contributed by atoms with Crippen molar-refractivity contribution < 1.29 is 9.47 Å². The Morgan fingerprint density at radius 3 is 2.69 bits per heavy atom. The Morgan fingerprint density at radius 2 is 1.93 bits per heavy atom. The maximum Gasteiger partial charge on any atom is 0.232 e. The van der Waals surface area contributed by atoms with Gasteiger partial charge in [0.25, 0.3) is 0 Å². The summed E-state index contributed by atoms with van der Waals surface area (Å²) in [5.41, 5.74) is 0. The Hall–Kier alpha value is -1.71. The minimum atomic E-state index is 0.236. The van der Waals surface area contributed by atoms with Gasteiger partial charge in [-0.25, -0.2) is 0 Å². The van der Waals surface area contributed by atoms with Crippen LogP contribution in [0.2, 0.25) is 0 Å². The van der Waals surface area contributed by atoms with E-state index in [1.807, 2.05) is 0 Å². The van der Waals surface area contributed by atoms with E-state index in [0.717, 1.165) is 63.9 Å². The molecule has 29 heavy (non-hydrogen) atoms. The Kier molecular flexibility index (Phi) is 6.99. The van der Waals surface area contributed by atoms with Crippen LogP contribution >= 0.6 is 12.2 Å². The predicted octanol–water partition coefficient (Wildman–Crippen LogP) is 2.16. The molecule has 1 aromatic heterocycles. The van der Waals surface area contributed by atoms with E-state index in [1.165, 1.54) is 19.3 Å². The third-order valence-electron chi connectivity index (χ3n) is 5.87. The van der Waals surface area contributed by atoms with E-state index in [2.05, 4.69) is 33.4 Å². The van der Waals surface area contributed by atoms with Gasteiger partial charge in [-0.15, -0.1) is 0 Å². The van der Waals surface area contributed by atoms with Gasteiger partial charge in [0.05, 0.1) is 19.3 Å². The summed E-state index contributed by atoms with van der Waals surface area (Å²) in [5, 5.41) is 6.98. The predicted molar refractivity (Wildman–Crippen MR) is 119 cm³/mol. The first-order valence-corrected chi connectivity index (χ1v) is 11.2. The monoisotopic (exact) mass is 420 g/mol. The molecule has 0 aromatic carbocycles. The number of piperidine rings is 1. The molecule has 0 bridgehead atoms. The summed E-state index contributed by atoms with van der Waals surface area (Å²) in [6.45, 7) is 7.99. The van der Waals surface area contributed by atoms with Gasteiger partial charge in [0.15, 0.2) is 5.11 Å². The van der Waals surface area contributed by atoms with Crippen molar-refractivity contribution in [3.63, 3.8) is 0 Å². The molecule has 0 spiro atoms. The molecule has 0 amide bonds. The maximum atomic E-state index is 5.66. The molecule has 9 heteroatoms. The number of aromatic nitrogens is 2. The van der Waals surface area contributed by atoms with Crippen LogP contribution in [0.15, 0.2) is 6.07 Å². The third kappa shape index (κ3) is 5.46. The number of anilines is 3. The van der Waals surface area contributed by atoms with Gasteiger partial charge < -0.3 is 29.9 Å². The quantitative estimate of drug-likeness (QED) is 0.697. The van der Waals surface area contributed by atoms with E-state index in [-0.39, 0.29) is 6.10 Å². The highest BCUT2D eigenvalue weighted by Gasteiger charge is 2.23. The van der Waals surface area contributed by atoms with Gasteiger partial charge in [-0.2, -0.15) is 9.97 Å². The van der Waals surface area contributed by atoms with Crippen molar-refractivity contribution >= 4 is 34.9 Å². The summed E-state index contributed by atoms with van der Waals surface area (Å²) < 4.78 is 11.2. The van der Waals surface area contributed by atoms with Crippen molar-refractivity contribution in [2.45, 2.75) is 51.2 Å². The molecule has 0 saturated carbocycles. The molecule has 2 atom stereocenters. The van der Waals surface area contributed by atoms with E-state index >= 15 is 0 Å². The van der Waals surface area contributed by atoms with Gasteiger partial charge in [-0.1, -0.05) is 0 Å². The summed E-state index contributed by atoms with van der Waals surface area (Å²) in [5.74, 6) is 2.45. The number of hydrogen-bond acceptors (Lipinski definition) is 7. The second-order valence-corrected chi connectivity index (χ2v) is 8.42. The van der Waals surface area contributed by atoms with Crippen molar-refractivity contribution in [2.75, 3.05) is 61.1 Å². The fourth-order valence-electron chi connectivity index (χ4n) is 4.18. The molecule has 4 rings (SSSR count). The SMILES string of the molecule is C[C@H]1CCCCN1c1cc(N2CCOCC2)nc(NC(=S)NC[C@H]2CCCO2)n1. The Balaban J connectivity index is 1.49. The maximum absolute atomic E-state index is 5.66. The molecular formula is C20H32N6O2S. The molecule has 4 heterocycles. The normalized spacial score (nSPS) is 25.1. The minimum Gasteiger partial charge on any atom is -0.378 e. The molecule has 0 unspecified atom stereocenters. The summed E-state index contributed by atoms with van der Waals surface area (Å²) in [4.78, 5) is 14.2. The molecule has 0 radical (unpaired) electrons. The van der Waals surface area contributed by atoms with Crippen LogP contribution in [0.5, 0.6) is 0 Å². The zero-order chi connectivity index (χ0) is 20.1. The molecule has 0 aliphatic carbocycles. The van der Waals surface area contributed by atoms with Crippen LogP contribution in [0.1, 0.15) is 39.0 Å². The first-order chi connectivity index (χ1) is 14.2. The molecular weight excluding hydrogens is 388 g/mol. The topological polar surface area (TPSA) is 74.8 Å². The Bertz CT molecular complexity index is 694. The van der Waals surface area contributed by atoms with Gasteiger partial charge in [0.1, 0.15) is 11.6 Å². The summed E-state index contributed by atoms with van der Waals surface area (Å²) >= 11 is 5.49. The van der Waals surface area contributed by atoms with Gasteiger partial charge in [-0.3, -0.25) is 0 Å². The van der Waals surface area contributed by atoms with Crippen LogP contribution in [0.3, 0.4) is 0 Å². The molecule has 3 fully saturated rings. The van der Waals surface area contributed by atoms with Crippen molar-refractivity contribution in [1.82, 2.24) is 15.3 Å². The number of thiocarbonyl (C=S) groups is 1.